The second-order valence-electron chi connectivity index (χ2n) is 5.01. The van der Waals surface area contributed by atoms with Crippen molar-refractivity contribution in [3.05, 3.63) is 58.8 Å². The Balaban J connectivity index is 1.65. The van der Waals surface area contributed by atoms with Crippen molar-refractivity contribution >= 4 is 16.9 Å². The Labute approximate surface area is 131 Å². The number of pyridine rings is 1. The van der Waals surface area contributed by atoms with Gasteiger partial charge < -0.3 is 19.6 Å². The minimum atomic E-state index is -0.253. The molecule has 2 heterocycles. The first-order valence-corrected chi connectivity index (χ1v) is 7.10. The van der Waals surface area contributed by atoms with Crippen LogP contribution in [0.5, 0.6) is 5.75 Å². The Hall–Kier alpha value is -3.09. The predicted molar refractivity (Wildman–Crippen MR) is 85.2 cm³/mol. The average molecular weight is 312 g/mol. The molecule has 118 valence electrons. The summed E-state index contributed by atoms with van der Waals surface area (Å²) in [7, 11) is 1.60. The highest BCUT2D eigenvalue weighted by atomic mass is 16.5. The molecule has 0 fully saturated rings. The molecule has 7 heteroatoms. The van der Waals surface area contributed by atoms with Crippen LogP contribution in [0.2, 0.25) is 0 Å². The van der Waals surface area contributed by atoms with E-state index in [0.717, 1.165) is 16.8 Å². The summed E-state index contributed by atoms with van der Waals surface area (Å²) in [5.41, 5.74) is 1.43. The first-order valence-electron chi connectivity index (χ1n) is 7.10. The van der Waals surface area contributed by atoms with E-state index in [0.29, 0.717) is 5.82 Å². The summed E-state index contributed by atoms with van der Waals surface area (Å²) in [5.74, 6) is 1.12. The van der Waals surface area contributed by atoms with Gasteiger partial charge in [-0.25, -0.2) is 4.98 Å². The molecule has 23 heavy (non-hydrogen) atoms. The quantitative estimate of drug-likeness (QED) is 0.737. The maximum Gasteiger partial charge on any atom is 0.250 e. The molecular weight excluding hydrogens is 296 g/mol. The lowest BCUT2D eigenvalue weighted by Gasteiger charge is -2.05. The summed E-state index contributed by atoms with van der Waals surface area (Å²) in [6.45, 7) is 0.241. The third-order valence-corrected chi connectivity index (χ3v) is 3.40. The number of hydrogen-bond acceptors (Lipinski definition) is 4. The van der Waals surface area contributed by atoms with Crippen molar-refractivity contribution in [3.8, 4) is 5.75 Å². The number of imidazole rings is 1. The van der Waals surface area contributed by atoms with Crippen LogP contribution in [0.15, 0.2) is 47.4 Å². The van der Waals surface area contributed by atoms with Gasteiger partial charge in [-0.05, 0) is 18.2 Å². The summed E-state index contributed by atoms with van der Waals surface area (Å²) in [6.07, 6.45) is 1.58. The zero-order valence-corrected chi connectivity index (χ0v) is 12.6. The van der Waals surface area contributed by atoms with E-state index in [1.807, 2.05) is 18.2 Å². The second kappa shape index (κ2) is 6.35. The highest BCUT2D eigenvalue weighted by Crippen LogP contribution is 2.18. The maximum absolute atomic E-state index is 11.9. The van der Waals surface area contributed by atoms with E-state index < -0.39 is 0 Å². The molecule has 0 bridgehead atoms. The molecule has 0 atom stereocenters. The fourth-order valence-electron chi connectivity index (χ4n) is 2.24. The highest BCUT2D eigenvalue weighted by molar-refractivity contribution is 5.77. The van der Waals surface area contributed by atoms with Gasteiger partial charge in [-0.1, -0.05) is 6.07 Å². The monoisotopic (exact) mass is 312 g/mol. The van der Waals surface area contributed by atoms with Gasteiger partial charge in [0.25, 0.3) is 5.56 Å². The van der Waals surface area contributed by atoms with Crippen molar-refractivity contribution in [2.75, 3.05) is 7.11 Å². The molecule has 0 spiro atoms. The van der Waals surface area contributed by atoms with Crippen molar-refractivity contribution < 1.29 is 9.53 Å². The zero-order valence-electron chi connectivity index (χ0n) is 12.6. The Morgan fingerprint density at radius 3 is 3.00 bits per heavy atom. The normalized spacial score (nSPS) is 10.7. The lowest BCUT2D eigenvalue weighted by atomic mass is 10.3. The van der Waals surface area contributed by atoms with Crippen LogP contribution in [0.1, 0.15) is 5.82 Å². The van der Waals surface area contributed by atoms with Crippen LogP contribution in [-0.4, -0.2) is 27.6 Å². The Morgan fingerprint density at radius 1 is 1.35 bits per heavy atom. The predicted octanol–water partition coefficient (Wildman–Crippen LogP) is 1.05. The van der Waals surface area contributed by atoms with E-state index in [1.165, 1.54) is 10.6 Å². The Bertz CT molecular complexity index is 897. The van der Waals surface area contributed by atoms with Gasteiger partial charge in [-0.3, -0.25) is 9.59 Å². The maximum atomic E-state index is 11.9. The lowest BCUT2D eigenvalue weighted by molar-refractivity contribution is -0.121. The van der Waals surface area contributed by atoms with Crippen molar-refractivity contribution in [1.82, 2.24) is 19.9 Å². The molecule has 1 amide bonds. The number of aromatic nitrogens is 3. The average Bonchev–Trinajstić information content (AvgIpc) is 2.97. The van der Waals surface area contributed by atoms with Crippen LogP contribution in [0, 0.1) is 0 Å². The van der Waals surface area contributed by atoms with Crippen LogP contribution in [0.4, 0.5) is 0 Å². The number of nitrogens with one attached hydrogen (secondary N) is 2. The molecule has 2 aromatic heterocycles. The van der Waals surface area contributed by atoms with Crippen molar-refractivity contribution in [2.24, 2.45) is 0 Å². The number of methoxy groups -OCH3 is 1. The number of H-pyrrole nitrogens is 1. The number of carbonyl (C=O) groups excluding carboxylic acids is 1. The third kappa shape index (κ3) is 3.39. The van der Waals surface area contributed by atoms with Gasteiger partial charge >= 0.3 is 0 Å². The van der Waals surface area contributed by atoms with Crippen LogP contribution in [0.3, 0.4) is 0 Å². The molecule has 0 aliphatic rings. The molecule has 0 aliphatic heterocycles. The van der Waals surface area contributed by atoms with Gasteiger partial charge in [-0.2, -0.15) is 0 Å². The molecule has 0 saturated heterocycles. The molecule has 0 radical (unpaired) electrons. The summed E-state index contributed by atoms with van der Waals surface area (Å²) in [4.78, 5) is 31.0. The van der Waals surface area contributed by atoms with Gasteiger partial charge in [0.2, 0.25) is 5.91 Å². The highest BCUT2D eigenvalue weighted by Gasteiger charge is 2.07. The Kier molecular flexibility index (Phi) is 4.09. The van der Waals surface area contributed by atoms with Gasteiger partial charge in [0.05, 0.1) is 24.7 Å². The number of rotatable bonds is 5. The van der Waals surface area contributed by atoms with Crippen molar-refractivity contribution in [2.45, 2.75) is 13.1 Å². The first kappa shape index (κ1) is 14.8. The second-order valence-corrected chi connectivity index (χ2v) is 5.01. The van der Waals surface area contributed by atoms with E-state index in [-0.39, 0.29) is 24.6 Å². The van der Waals surface area contributed by atoms with Crippen molar-refractivity contribution in [3.63, 3.8) is 0 Å². The van der Waals surface area contributed by atoms with E-state index in [2.05, 4.69) is 15.3 Å². The topological polar surface area (TPSA) is 89.0 Å². The first-order chi connectivity index (χ1) is 11.2. The Morgan fingerprint density at radius 2 is 2.22 bits per heavy atom. The fourth-order valence-corrected chi connectivity index (χ4v) is 2.24. The zero-order chi connectivity index (χ0) is 16.2. The van der Waals surface area contributed by atoms with Gasteiger partial charge in [0, 0.05) is 18.3 Å². The number of aromatic amines is 1. The van der Waals surface area contributed by atoms with Crippen LogP contribution >= 0.6 is 0 Å². The minimum Gasteiger partial charge on any atom is -0.497 e. The van der Waals surface area contributed by atoms with E-state index in [1.54, 1.807) is 25.4 Å². The summed E-state index contributed by atoms with van der Waals surface area (Å²) < 4.78 is 6.50. The number of amides is 1. The van der Waals surface area contributed by atoms with E-state index in [9.17, 15) is 9.59 Å². The standard InChI is InChI=1S/C16H16N4O3/c1-23-11-5-6-12-13(8-11)19-14(18-12)9-17-15(21)10-20-7-3-2-4-16(20)22/h2-8H,9-10H2,1H3,(H,17,21)(H,18,19). The van der Waals surface area contributed by atoms with Crippen molar-refractivity contribution in [1.29, 1.82) is 0 Å². The van der Waals surface area contributed by atoms with Gasteiger partial charge in [-0.15, -0.1) is 0 Å². The molecular formula is C16H16N4O3. The number of carbonyl (C=O) groups is 1. The van der Waals surface area contributed by atoms with Crippen LogP contribution < -0.4 is 15.6 Å². The number of benzene rings is 1. The fraction of sp³-hybridized carbons (Fsp3) is 0.188. The van der Waals surface area contributed by atoms with Gasteiger partial charge in [0.1, 0.15) is 18.1 Å². The number of hydrogen-bond donors (Lipinski definition) is 2. The smallest absolute Gasteiger partial charge is 0.250 e. The summed E-state index contributed by atoms with van der Waals surface area (Å²) in [6, 6.07) is 10.3. The largest absolute Gasteiger partial charge is 0.497 e. The molecule has 0 aliphatic carbocycles. The molecule has 3 aromatic rings. The lowest BCUT2D eigenvalue weighted by Crippen LogP contribution is -2.31. The molecule has 7 nitrogen and oxygen atoms in total. The van der Waals surface area contributed by atoms with E-state index in [4.69, 9.17) is 4.74 Å². The number of ether oxygens (including phenoxy) is 1. The summed E-state index contributed by atoms with van der Waals surface area (Å²) in [5, 5.41) is 2.74. The summed E-state index contributed by atoms with van der Waals surface area (Å²) >= 11 is 0. The number of nitrogens with zero attached hydrogens (tertiary/aromatic N) is 2. The molecule has 0 saturated carbocycles. The minimum absolute atomic E-state index is 0.0201. The van der Waals surface area contributed by atoms with Crippen LogP contribution in [-0.2, 0) is 17.9 Å². The molecule has 3 rings (SSSR count). The van der Waals surface area contributed by atoms with Gasteiger partial charge in [0.15, 0.2) is 0 Å². The third-order valence-electron chi connectivity index (χ3n) is 3.40. The molecule has 2 N–H and O–H groups in total. The molecule has 1 aromatic carbocycles. The van der Waals surface area contributed by atoms with E-state index >= 15 is 0 Å². The SMILES string of the molecule is COc1ccc2nc(CNC(=O)Cn3ccccc3=O)[nH]c2c1. The van der Waals surface area contributed by atoms with Crippen LogP contribution in [0.25, 0.3) is 11.0 Å². The number of fused-ring (bicyclic) bond motifs is 1. The molecule has 0 unspecified atom stereocenters.